The lowest BCUT2D eigenvalue weighted by atomic mass is 9.86. The predicted molar refractivity (Wildman–Crippen MR) is 79.8 cm³/mol. The van der Waals surface area contributed by atoms with Gasteiger partial charge in [0.15, 0.2) is 5.60 Å². The van der Waals surface area contributed by atoms with E-state index < -0.39 is 11.6 Å². The van der Waals surface area contributed by atoms with Crippen molar-refractivity contribution >= 4 is 17.6 Å². The minimum Gasteiger partial charge on any atom is -0.480 e. The zero-order valence-electron chi connectivity index (χ0n) is 13.1. The molecule has 114 valence electrons. The minimum absolute atomic E-state index is 0.0973. The molecule has 0 atom stereocenters. The average molecular weight is 291 g/mol. The molecule has 0 spiro atoms. The van der Waals surface area contributed by atoms with Crippen LogP contribution in [0.15, 0.2) is 18.2 Å². The molecule has 1 aromatic carbocycles. The molecule has 0 radical (unpaired) electrons. The van der Waals surface area contributed by atoms with Gasteiger partial charge in [-0.2, -0.15) is 0 Å². The Balaban J connectivity index is 2.56. The van der Waals surface area contributed by atoms with Gasteiger partial charge in [0, 0.05) is 0 Å². The summed E-state index contributed by atoms with van der Waals surface area (Å²) >= 11 is 0. The molecule has 1 N–H and O–H groups in total. The molecule has 1 heterocycles. The summed E-state index contributed by atoms with van der Waals surface area (Å²) in [6, 6.07) is 5.59. The van der Waals surface area contributed by atoms with Crippen LogP contribution in [0, 0.1) is 0 Å². The first-order valence-corrected chi connectivity index (χ1v) is 6.90. The lowest BCUT2D eigenvalue weighted by molar-refractivity contribution is -0.139. The molecule has 5 nitrogen and oxygen atoms in total. The molecule has 0 aromatic heterocycles. The van der Waals surface area contributed by atoms with Gasteiger partial charge in [0.2, 0.25) is 0 Å². The highest BCUT2D eigenvalue weighted by molar-refractivity contribution is 6.05. The number of hydrogen-bond donors (Lipinski definition) is 1. The number of rotatable bonds is 2. The maximum Gasteiger partial charge on any atom is 0.323 e. The first-order chi connectivity index (χ1) is 9.52. The van der Waals surface area contributed by atoms with Crippen LogP contribution in [0.4, 0.5) is 5.69 Å². The van der Waals surface area contributed by atoms with Crippen molar-refractivity contribution in [1.82, 2.24) is 0 Å². The van der Waals surface area contributed by atoms with Crippen LogP contribution in [0.3, 0.4) is 0 Å². The number of nitrogens with zero attached hydrogens (tertiary/aromatic N) is 1. The van der Waals surface area contributed by atoms with E-state index in [2.05, 4.69) is 20.8 Å². The molecule has 0 bridgehead atoms. The van der Waals surface area contributed by atoms with E-state index in [4.69, 9.17) is 9.84 Å². The molecule has 0 fully saturated rings. The lowest BCUT2D eigenvalue weighted by Gasteiger charge is -2.38. The third-order valence-corrected chi connectivity index (χ3v) is 3.53. The molecule has 21 heavy (non-hydrogen) atoms. The van der Waals surface area contributed by atoms with Crippen molar-refractivity contribution in [3.05, 3.63) is 23.8 Å². The van der Waals surface area contributed by atoms with Crippen LogP contribution >= 0.6 is 0 Å². The fourth-order valence-electron chi connectivity index (χ4n) is 2.33. The smallest absolute Gasteiger partial charge is 0.323 e. The van der Waals surface area contributed by atoms with Crippen molar-refractivity contribution in [2.24, 2.45) is 0 Å². The second-order valence-electron chi connectivity index (χ2n) is 6.83. The Morgan fingerprint density at radius 3 is 2.48 bits per heavy atom. The van der Waals surface area contributed by atoms with Crippen LogP contribution in [0.1, 0.15) is 40.2 Å². The standard InChI is InChI=1S/C16H21NO4/c1-15(2,3)10-6-7-12-11(8-10)17(9-13(18)19)14(20)16(4,5)21-12/h6-8H,9H2,1-5H3,(H,18,19). The highest BCUT2D eigenvalue weighted by Gasteiger charge is 2.41. The van der Waals surface area contributed by atoms with Gasteiger partial charge in [-0.15, -0.1) is 0 Å². The molecular formula is C16H21NO4. The molecule has 2 rings (SSSR count). The topological polar surface area (TPSA) is 66.8 Å². The number of hydrogen-bond acceptors (Lipinski definition) is 3. The number of carboxylic acids is 1. The van der Waals surface area contributed by atoms with Gasteiger partial charge in [0.1, 0.15) is 12.3 Å². The van der Waals surface area contributed by atoms with Crippen molar-refractivity contribution in [3.8, 4) is 5.75 Å². The van der Waals surface area contributed by atoms with E-state index in [0.717, 1.165) is 5.56 Å². The van der Waals surface area contributed by atoms with E-state index in [1.165, 1.54) is 4.90 Å². The van der Waals surface area contributed by atoms with Crippen LogP contribution in [0.5, 0.6) is 5.75 Å². The SMILES string of the molecule is CC1(C)Oc2ccc(C(C)(C)C)cc2N(CC(=O)O)C1=O. The molecule has 0 saturated heterocycles. The number of anilines is 1. The van der Waals surface area contributed by atoms with Gasteiger partial charge in [-0.25, -0.2) is 0 Å². The number of fused-ring (bicyclic) bond motifs is 1. The molecule has 1 aromatic rings. The van der Waals surface area contributed by atoms with Crippen LogP contribution in [0.25, 0.3) is 0 Å². The largest absolute Gasteiger partial charge is 0.480 e. The Bertz CT molecular complexity index is 599. The van der Waals surface area contributed by atoms with Gasteiger partial charge in [0.25, 0.3) is 5.91 Å². The molecule has 0 unspecified atom stereocenters. The first-order valence-electron chi connectivity index (χ1n) is 6.90. The molecule has 0 aliphatic carbocycles. The van der Waals surface area contributed by atoms with E-state index >= 15 is 0 Å². The van der Waals surface area contributed by atoms with Crippen LogP contribution in [-0.2, 0) is 15.0 Å². The Labute approximate surface area is 124 Å². The van der Waals surface area contributed by atoms with Gasteiger partial charge < -0.3 is 9.84 Å². The van der Waals surface area contributed by atoms with Crippen LogP contribution in [-0.4, -0.2) is 29.1 Å². The number of ether oxygens (including phenoxy) is 1. The Kier molecular flexibility index (Phi) is 3.48. The summed E-state index contributed by atoms with van der Waals surface area (Å²) in [4.78, 5) is 24.8. The number of carbonyl (C=O) groups excluding carboxylic acids is 1. The third-order valence-electron chi connectivity index (χ3n) is 3.53. The zero-order valence-corrected chi connectivity index (χ0v) is 13.1. The quantitative estimate of drug-likeness (QED) is 0.909. The van der Waals surface area contributed by atoms with Crippen LogP contribution < -0.4 is 9.64 Å². The van der Waals surface area contributed by atoms with Crippen molar-refractivity contribution in [2.45, 2.75) is 45.6 Å². The third kappa shape index (κ3) is 2.86. The minimum atomic E-state index is -1.06. The molecule has 1 aliphatic rings. The van der Waals surface area contributed by atoms with Crippen molar-refractivity contribution < 1.29 is 19.4 Å². The van der Waals surface area contributed by atoms with Crippen LogP contribution in [0.2, 0.25) is 0 Å². The number of aliphatic carboxylic acids is 1. The summed E-state index contributed by atoms with van der Waals surface area (Å²) < 4.78 is 5.73. The lowest BCUT2D eigenvalue weighted by Crippen LogP contribution is -2.53. The fourth-order valence-corrected chi connectivity index (χ4v) is 2.33. The second kappa shape index (κ2) is 4.76. The van der Waals surface area contributed by atoms with Crippen molar-refractivity contribution in [3.63, 3.8) is 0 Å². The van der Waals surface area contributed by atoms with Gasteiger partial charge in [-0.1, -0.05) is 26.8 Å². The number of carboxylic acid groups (broad SMARTS) is 1. The Morgan fingerprint density at radius 1 is 1.33 bits per heavy atom. The average Bonchev–Trinajstić information content (AvgIpc) is 2.32. The fraction of sp³-hybridized carbons (Fsp3) is 0.500. The summed E-state index contributed by atoms with van der Waals surface area (Å²) in [6.45, 7) is 9.10. The molecular weight excluding hydrogens is 270 g/mol. The van der Waals surface area contributed by atoms with E-state index in [1.807, 2.05) is 12.1 Å². The summed E-state index contributed by atoms with van der Waals surface area (Å²) in [5, 5.41) is 9.07. The Hall–Kier alpha value is -2.04. The number of benzene rings is 1. The van der Waals surface area contributed by atoms with Gasteiger partial charge in [-0.3, -0.25) is 14.5 Å². The van der Waals surface area contributed by atoms with E-state index in [9.17, 15) is 9.59 Å². The summed E-state index contributed by atoms with van der Waals surface area (Å²) in [6.07, 6.45) is 0. The number of amides is 1. The highest BCUT2D eigenvalue weighted by Crippen LogP contribution is 2.40. The monoisotopic (exact) mass is 291 g/mol. The second-order valence-corrected chi connectivity index (χ2v) is 6.83. The Morgan fingerprint density at radius 2 is 1.95 bits per heavy atom. The number of carbonyl (C=O) groups is 2. The summed E-state index contributed by atoms with van der Waals surface area (Å²) in [5.41, 5.74) is 0.382. The molecule has 0 saturated carbocycles. The normalized spacial score (nSPS) is 17.2. The summed E-state index contributed by atoms with van der Waals surface area (Å²) in [7, 11) is 0. The van der Waals surface area contributed by atoms with Crippen molar-refractivity contribution in [2.75, 3.05) is 11.4 Å². The molecule has 1 aliphatic heterocycles. The van der Waals surface area contributed by atoms with Gasteiger partial charge >= 0.3 is 5.97 Å². The molecule has 5 heteroatoms. The predicted octanol–water partition coefficient (Wildman–Crippen LogP) is 2.57. The van der Waals surface area contributed by atoms with E-state index in [-0.39, 0.29) is 17.9 Å². The van der Waals surface area contributed by atoms with E-state index in [1.54, 1.807) is 19.9 Å². The first kappa shape index (κ1) is 15.4. The van der Waals surface area contributed by atoms with Crippen molar-refractivity contribution in [1.29, 1.82) is 0 Å². The molecule has 1 amide bonds. The van der Waals surface area contributed by atoms with Gasteiger partial charge in [0.05, 0.1) is 5.69 Å². The zero-order chi connectivity index (χ0) is 16.0. The highest BCUT2D eigenvalue weighted by atomic mass is 16.5. The van der Waals surface area contributed by atoms with E-state index in [0.29, 0.717) is 11.4 Å². The van der Waals surface area contributed by atoms with Gasteiger partial charge in [-0.05, 0) is 37.0 Å². The summed E-state index contributed by atoms with van der Waals surface area (Å²) in [5.74, 6) is -0.856. The maximum atomic E-state index is 12.4. The maximum absolute atomic E-state index is 12.4.